The van der Waals surface area contributed by atoms with Crippen LogP contribution in [0.3, 0.4) is 0 Å². The van der Waals surface area contributed by atoms with Crippen molar-refractivity contribution in [3.63, 3.8) is 0 Å². The smallest absolute Gasteiger partial charge is 0.871 e. The van der Waals surface area contributed by atoms with E-state index >= 15 is 0 Å². The number of hydrogen-bond donors (Lipinski definition) is 0. The monoisotopic (exact) mass is 640 g/mol. The molecule has 0 rings (SSSR count). The summed E-state index contributed by atoms with van der Waals surface area (Å²) in [6.07, 6.45) is 0. The molecule has 0 aliphatic heterocycles. The van der Waals surface area contributed by atoms with Crippen LogP contribution >= 0.6 is 0 Å². The van der Waals surface area contributed by atoms with E-state index in [0.29, 0.717) is 0 Å². The molecule has 94 valence electrons. The molecule has 0 saturated carbocycles. The largest absolute Gasteiger partial charge is 3.00 e. The van der Waals surface area contributed by atoms with Crippen molar-refractivity contribution in [1.29, 1.82) is 0 Å². The predicted octanol–water partition coefficient (Wildman–Crippen LogP) is -8.75. The topological polar surface area (TPSA) is 166 Å². The van der Waals surface area contributed by atoms with Crippen molar-refractivity contribution in [3.8, 4) is 0 Å². The van der Waals surface area contributed by atoms with Crippen LogP contribution in [0.15, 0.2) is 0 Å². The maximum Gasteiger partial charge on any atom is 3.00 e. The van der Waals surface area contributed by atoms with E-state index < -0.39 is 22.0 Å². The first-order valence-electron chi connectivity index (χ1n) is 3.35. The number of rotatable bonds is 3. The zero-order valence-electron chi connectivity index (χ0n) is 9.30. The van der Waals surface area contributed by atoms with E-state index in [1.165, 1.54) is 0 Å². The predicted molar refractivity (Wildman–Crippen MR) is 49.8 cm³/mol. The van der Waals surface area contributed by atoms with Crippen LogP contribution in [0, 0.1) is 0 Å². The van der Waals surface area contributed by atoms with Gasteiger partial charge in [0, 0.05) is 21.3 Å². The molecule has 0 aromatic carbocycles. The summed E-state index contributed by atoms with van der Waals surface area (Å²) >= 11 is 0. The van der Waals surface area contributed by atoms with Gasteiger partial charge >= 0.3 is 52.4 Å². The Morgan fingerprint density at radius 1 is 0.529 bits per heavy atom. The van der Waals surface area contributed by atoms with Gasteiger partial charge in [-0.3, -0.25) is 0 Å². The third-order valence-corrected chi connectivity index (χ3v) is 0.577. The number of hydrogen-bond acceptors (Lipinski definition) is 9. The third kappa shape index (κ3) is 74.1. The molecule has 0 aliphatic carbocycles. The Bertz CT molecular complexity index is 90.5. The summed E-state index contributed by atoms with van der Waals surface area (Å²) in [5.41, 5.74) is 0. The van der Waals surface area contributed by atoms with Gasteiger partial charge in [-0.25, -0.2) is 0 Å². The molecule has 0 N–H and O–H groups in total. The summed E-state index contributed by atoms with van der Waals surface area (Å²) in [6, 6.07) is 0. The van der Waals surface area contributed by atoms with Crippen molar-refractivity contribution in [2.75, 3.05) is 21.3 Å². The van der Waals surface area contributed by atoms with Gasteiger partial charge in [0.2, 0.25) is 0 Å². The third-order valence-electron chi connectivity index (χ3n) is 0.577. The van der Waals surface area contributed by atoms with Crippen LogP contribution in [0.25, 0.3) is 0 Å². The SMILES string of the molecule is COB([O-])[O-].COB([O-])[O-].COB([O-])[O-].[Bi+3].[Bi+3]. The van der Waals surface area contributed by atoms with Crippen molar-refractivity contribution in [2.24, 2.45) is 0 Å². The first kappa shape index (κ1) is 31.2. The van der Waals surface area contributed by atoms with Gasteiger partial charge < -0.3 is 44.1 Å². The second-order valence-corrected chi connectivity index (χ2v) is 1.57. The van der Waals surface area contributed by atoms with E-state index in [-0.39, 0.29) is 52.4 Å². The Kier molecular flexibility index (Phi) is 48.0. The Labute approximate surface area is 139 Å². The van der Waals surface area contributed by atoms with Gasteiger partial charge in [-0.1, -0.05) is 0 Å². The molecule has 0 atom stereocenters. The molecular formula is C3H9B3Bi2O9. The summed E-state index contributed by atoms with van der Waals surface area (Å²) in [7, 11) is -3.13. The minimum Gasteiger partial charge on any atom is -0.871 e. The molecule has 0 fully saturated rings. The zero-order valence-corrected chi connectivity index (χ0v) is 16.3. The van der Waals surface area contributed by atoms with Gasteiger partial charge in [-0.2, -0.15) is 0 Å². The second-order valence-electron chi connectivity index (χ2n) is 1.57. The molecule has 0 unspecified atom stereocenters. The molecule has 0 bridgehead atoms. The van der Waals surface area contributed by atoms with E-state index in [0.717, 1.165) is 21.3 Å². The summed E-state index contributed by atoms with van der Waals surface area (Å²) < 4.78 is 10.9. The first-order chi connectivity index (χ1) is 6.81. The molecular weight excluding hydrogens is 630 g/mol. The second kappa shape index (κ2) is 26.2. The normalized spacial score (nSPS) is 6.88. The summed E-state index contributed by atoms with van der Waals surface area (Å²) in [6.45, 7) is 0. The Balaban J connectivity index is -0.0000000400. The van der Waals surface area contributed by atoms with Gasteiger partial charge in [-0.15, -0.1) is 0 Å². The first-order valence-corrected chi connectivity index (χ1v) is 3.35. The summed E-state index contributed by atoms with van der Waals surface area (Å²) in [5, 5.41) is 54.7. The van der Waals surface area contributed by atoms with Crippen molar-refractivity contribution in [1.82, 2.24) is 0 Å². The van der Waals surface area contributed by atoms with Gasteiger partial charge in [-0.05, 0) is 0 Å². The minimum atomic E-state index is -2.12. The van der Waals surface area contributed by atoms with Crippen molar-refractivity contribution in [3.05, 3.63) is 0 Å². The fourth-order valence-electron chi connectivity index (χ4n) is 0. The van der Waals surface area contributed by atoms with Crippen LogP contribution in [0.1, 0.15) is 0 Å². The molecule has 9 nitrogen and oxygen atoms in total. The molecule has 0 heterocycles. The van der Waals surface area contributed by atoms with Gasteiger partial charge in [0.25, 0.3) is 0 Å². The molecule has 0 spiro atoms. The molecule has 0 aromatic rings. The van der Waals surface area contributed by atoms with E-state index in [4.69, 9.17) is 30.1 Å². The minimum absolute atomic E-state index is 0. The van der Waals surface area contributed by atoms with Crippen LogP contribution in [0.2, 0.25) is 0 Å². The Morgan fingerprint density at radius 3 is 0.588 bits per heavy atom. The summed E-state index contributed by atoms with van der Waals surface area (Å²) in [5.74, 6) is 0. The van der Waals surface area contributed by atoms with Crippen LogP contribution in [-0.2, 0) is 14.0 Å². The maximum absolute atomic E-state index is 9.12. The van der Waals surface area contributed by atoms with Crippen molar-refractivity contribution >= 4 is 74.4 Å². The molecule has 0 amide bonds. The molecule has 17 heavy (non-hydrogen) atoms. The van der Waals surface area contributed by atoms with Crippen LogP contribution in [-0.4, -0.2) is 95.7 Å². The van der Waals surface area contributed by atoms with Crippen LogP contribution < -0.4 is 30.1 Å². The van der Waals surface area contributed by atoms with E-state index in [9.17, 15) is 0 Å². The van der Waals surface area contributed by atoms with E-state index in [2.05, 4.69) is 14.0 Å². The molecule has 14 heteroatoms. The maximum atomic E-state index is 9.12. The zero-order chi connectivity index (χ0) is 12.9. The average Bonchev–Trinajstić information content (AvgIpc) is 2.19. The van der Waals surface area contributed by atoms with E-state index in [1.54, 1.807) is 0 Å². The van der Waals surface area contributed by atoms with Gasteiger partial charge in [0.1, 0.15) is 0 Å². The van der Waals surface area contributed by atoms with Crippen molar-refractivity contribution in [2.45, 2.75) is 0 Å². The molecule has 0 aromatic heterocycles. The van der Waals surface area contributed by atoms with Crippen LogP contribution in [0.5, 0.6) is 0 Å². The van der Waals surface area contributed by atoms with Crippen LogP contribution in [0.4, 0.5) is 0 Å². The van der Waals surface area contributed by atoms with Gasteiger partial charge in [0.05, 0.1) is 22.0 Å². The molecule has 0 saturated heterocycles. The van der Waals surface area contributed by atoms with Gasteiger partial charge in [0.15, 0.2) is 0 Å². The molecule has 0 aliphatic rings. The Hall–Kier alpha value is 1.60. The standard InChI is InChI=1S/3CH3BO3.2Bi/c3*1-5-2(3)4;;/h3*1H3;;/q3*-2;2*+3. The van der Waals surface area contributed by atoms with E-state index in [1.807, 2.05) is 0 Å². The summed E-state index contributed by atoms with van der Waals surface area (Å²) in [4.78, 5) is 0. The fraction of sp³-hybridized carbons (Fsp3) is 1.00. The quantitative estimate of drug-likeness (QED) is 0.273. The average molecular weight is 639 g/mol. The molecule has 4 radical (unpaired) electrons. The fourth-order valence-corrected chi connectivity index (χ4v) is 0. The van der Waals surface area contributed by atoms with Crippen molar-refractivity contribution < 1.29 is 44.1 Å². The Morgan fingerprint density at radius 2 is 0.588 bits per heavy atom.